The van der Waals surface area contributed by atoms with Gasteiger partial charge in [-0.15, -0.1) is 0 Å². The smallest absolute Gasteiger partial charge is 0.252 e. The highest BCUT2D eigenvalue weighted by Crippen LogP contribution is 2.48. The van der Waals surface area contributed by atoms with Crippen molar-refractivity contribution in [2.75, 3.05) is 0 Å². The number of para-hydroxylation sites is 2. The van der Waals surface area contributed by atoms with Gasteiger partial charge in [-0.1, -0.05) is 190 Å². The Morgan fingerprint density at radius 3 is 1.79 bits per heavy atom. The summed E-state index contributed by atoms with van der Waals surface area (Å²) >= 11 is 0. The van der Waals surface area contributed by atoms with E-state index < -0.39 is 6.04 Å². The summed E-state index contributed by atoms with van der Waals surface area (Å²) in [6, 6.07) is 49.5. The lowest BCUT2D eigenvalue weighted by Gasteiger charge is -2.35. The predicted octanol–water partition coefficient (Wildman–Crippen LogP) is 17.0. The van der Waals surface area contributed by atoms with Crippen LogP contribution in [0.2, 0.25) is 0 Å². The zero-order chi connectivity index (χ0) is 55.8. The van der Waals surface area contributed by atoms with Gasteiger partial charge >= 0.3 is 0 Å². The molecule has 0 amide bonds. The average molecular weight is 983 g/mol. The molecule has 4 heteroatoms. The van der Waals surface area contributed by atoms with E-state index >= 15 is 0 Å². The van der Waals surface area contributed by atoms with Crippen molar-refractivity contribution in [2.45, 2.75) is 91.4 Å². The molecule has 4 aromatic heterocycles. The van der Waals surface area contributed by atoms with Gasteiger partial charge in [0.15, 0.2) is 0 Å². The van der Waals surface area contributed by atoms with E-state index in [1.165, 1.54) is 92.9 Å². The minimum atomic E-state index is -0.395. The van der Waals surface area contributed by atoms with E-state index in [2.05, 4.69) is 221 Å². The third kappa shape index (κ3) is 5.80. The molecule has 13 aromatic rings. The molecule has 0 unspecified atom stereocenters. The zero-order valence-electron chi connectivity index (χ0n) is 49.7. The molecule has 3 nitrogen and oxygen atoms in total. The Bertz CT molecular complexity index is 5150. The molecular weight excluding hydrogens is 918 g/mol. The number of aryl methyl sites for hydroxylation is 1. The molecule has 1 aliphatic carbocycles. The van der Waals surface area contributed by atoms with E-state index in [-0.39, 0.29) is 52.7 Å². The number of hydrogen-bond acceptors (Lipinski definition) is 0. The summed E-state index contributed by atoms with van der Waals surface area (Å²) in [6.07, 6.45) is 6.60. The molecule has 0 spiro atoms. The van der Waals surface area contributed by atoms with Gasteiger partial charge in [-0.05, 0) is 144 Å². The van der Waals surface area contributed by atoms with Crippen molar-refractivity contribution in [3.8, 4) is 22.5 Å². The van der Waals surface area contributed by atoms with Crippen molar-refractivity contribution < 1.29 is 6.85 Å². The van der Waals surface area contributed by atoms with Gasteiger partial charge in [0.2, 0.25) is 0 Å². The van der Waals surface area contributed by atoms with Crippen molar-refractivity contribution in [2.24, 2.45) is 0 Å². The molecule has 3 aliphatic rings. The van der Waals surface area contributed by atoms with Crippen LogP contribution in [0.5, 0.6) is 0 Å². The van der Waals surface area contributed by atoms with Crippen molar-refractivity contribution in [3.05, 3.63) is 198 Å². The molecule has 366 valence electrons. The third-order valence-electron chi connectivity index (χ3n) is 17.8. The minimum absolute atomic E-state index is 0.105. The summed E-state index contributed by atoms with van der Waals surface area (Å²) in [7, 11) is 0. The van der Waals surface area contributed by atoms with Gasteiger partial charge in [0.1, 0.15) is 0 Å². The maximum atomic E-state index is 9.49. The lowest BCUT2D eigenvalue weighted by atomic mass is 9.34. The standard InChI is InChI=1S/C72H60BN3/c1-70(2,3)43-30-32-60-53(36-43)55-34-42(41-20-11-10-12-21-41)35-57-67(55)75(60)63-40-62-64(69-65(63)73(57)58-39-45(72(7,8)9)38-56-54-37-44(71(4,5)6)31-33-61(54)76(69)68(56)58)52-28-19-27-51-49-25-16-14-23-47(49)46-22-13-15-24-48(46)50-26-17-18-29-59(50)74(62)66(51)52/h10-14,16-23,25-40H,15,24H2,1-9H3/i10D,11D,12D,20D,21D. The number of fused-ring (bicyclic) bond motifs is 21. The maximum Gasteiger partial charge on any atom is 0.252 e. The van der Waals surface area contributed by atoms with Gasteiger partial charge in [0, 0.05) is 59.8 Å². The van der Waals surface area contributed by atoms with Crippen LogP contribution in [0.1, 0.15) is 103 Å². The quantitative estimate of drug-likeness (QED) is 0.146. The van der Waals surface area contributed by atoms with Crippen LogP contribution in [0.3, 0.4) is 0 Å². The highest BCUT2D eigenvalue weighted by Gasteiger charge is 2.44. The Labute approximate surface area is 451 Å². The van der Waals surface area contributed by atoms with Crippen LogP contribution >= 0.6 is 0 Å². The highest BCUT2D eigenvalue weighted by atomic mass is 15.0. The number of allylic oxidation sites excluding steroid dienone is 1. The summed E-state index contributed by atoms with van der Waals surface area (Å²) in [4.78, 5) is 0. The van der Waals surface area contributed by atoms with Gasteiger partial charge < -0.3 is 13.5 Å². The fourth-order valence-corrected chi connectivity index (χ4v) is 14.1. The van der Waals surface area contributed by atoms with Crippen LogP contribution in [0.15, 0.2) is 170 Å². The molecule has 9 aromatic carbocycles. The molecular formula is C72H60BN3. The van der Waals surface area contributed by atoms with E-state index in [0.29, 0.717) is 5.56 Å². The van der Waals surface area contributed by atoms with Crippen LogP contribution in [0, 0.1) is 0 Å². The van der Waals surface area contributed by atoms with E-state index in [1.54, 1.807) is 0 Å². The second kappa shape index (κ2) is 14.9. The Morgan fingerprint density at radius 2 is 1.07 bits per heavy atom. The summed E-state index contributed by atoms with van der Waals surface area (Å²) in [5.41, 5.74) is 20.3. The second-order valence-corrected chi connectivity index (χ2v) is 25.2. The van der Waals surface area contributed by atoms with E-state index in [1.807, 2.05) is 0 Å². The third-order valence-corrected chi connectivity index (χ3v) is 17.8. The number of rotatable bonds is 1. The van der Waals surface area contributed by atoms with Crippen molar-refractivity contribution in [1.82, 2.24) is 13.5 Å². The van der Waals surface area contributed by atoms with E-state index in [0.717, 1.165) is 68.0 Å². The SMILES string of the molecule is [2H]c1c([2H])c([2H])c(-c2cc3c4c(c2)c2cc(C(C)(C)C)ccc2n4-c2cc4c(c5c2B3c2cc(C(C)(C)C)cc3c6cc(C(C)(C)C)ccc6n-5c23)c2cccc3c5ccccc5c5c(c6ccccc6n4c32)CCC=C5)c([2H])c1[2H]. The Kier molecular flexibility index (Phi) is 7.69. The number of benzene rings is 9. The fraction of sp³-hybridized carbons (Fsp3) is 0.194. The predicted molar refractivity (Wildman–Crippen MR) is 328 cm³/mol. The first kappa shape index (κ1) is 39.4. The summed E-state index contributed by atoms with van der Waals surface area (Å²) in [6.45, 7) is 20.3. The Morgan fingerprint density at radius 1 is 0.461 bits per heavy atom. The number of nitrogens with zero attached hydrogens (tertiary/aromatic N) is 3. The molecule has 2 aliphatic heterocycles. The lowest BCUT2D eigenvalue weighted by Crippen LogP contribution is -2.59. The first-order chi connectivity index (χ1) is 38.7. The summed E-state index contributed by atoms with van der Waals surface area (Å²) < 4.78 is 53.4. The van der Waals surface area contributed by atoms with Crippen LogP contribution in [0.25, 0.3) is 121 Å². The minimum Gasteiger partial charge on any atom is -0.310 e. The van der Waals surface area contributed by atoms with Crippen LogP contribution < -0.4 is 16.4 Å². The highest BCUT2D eigenvalue weighted by molar-refractivity contribution is 7.00. The number of hydrogen-bond donors (Lipinski definition) is 0. The van der Waals surface area contributed by atoms with Gasteiger partial charge in [-0.2, -0.15) is 0 Å². The van der Waals surface area contributed by atoms with Crippen LogP contribution in [0.4, 0.5) is 0 Å². The topological polar surface area (TPSA) is 14.3 Å². The van der Waals surface area contributed by atoms with E-state index in [4.69, 9.17) is 4.11 Å². The van der Waals surface area contributed by atoms with E-state index in [9.17, 15) is 2.74 Å². The van der Waals surface area contributed by atoms with Crippen molar-refractivity contribution in [3.63, 3.8) is 0 Å². The molecule has 0 atom stereocenters. The van der Waals surface area contributed by atoms with Gasteiger partial charge in [0.05, 0.1) is 40.1 Å². The first-order valence-electron chi connectivity index (χ1n) is 29.8. The molecule has 0 radical (unpaired) electrons. The number of aromatic nitrogens is 3. The fourth-order valence-electron chi connectivity index (χ4n) is 14.1. The molecule has 0 saturated carbocycles. The zero-order valence-corrected chi connectivity index (χ0v) is 44.7. The normalized spacial score (nSPS) is 15.1. The Hall–Kier alpha value is -8.08. The maximum absolute atomic E-state index is 9.49. The second-order valence-electron chi connectivity index (χ2n) is 25.2. The van der Waals surface area contributed by atoms with Crippen molar-refractivity contribution >= 4 is 122 Å². The van der Waals surface area contributed by atoms with Crippen molar-refractivity contribution in [1.29, 1.82) is 0 Å². The largest absolute Gasteiger partial charge is 0.310 e. The van der Waals surface area contributed by atoms with Gasteiger partial charge in [-0.3, -0.25) is 0 Å². The molecule has 76 heavy (non-hydrogen) atoms. The monoisotopic (exact) mass is 983 g/mol. The molecule has 0 saturated heterocycles. The molecule has 16 rings (SSSR count). The summed E-state index contributed by atoms with van der Waals surface area (Å²) in [5, 5.41) is 11.7. The van der Waals surface area contributed by atoms with Crippen LogP contribution in [-0.4, -0.2) is 20.2 Å². The summed E-state index contributed by atoms with van der Waals surface area (Å²) in [5.74, 6) is 0. The molecule has 6 heterocycles. The van der Waals surface area contributed by atoms with Gasteiger partial charge in [-0.25, -0.2) is 0 Å². The van der Waals surface area contributed by atoms with Gasteiger partial charge in [0.25, 0.3) is 6.71 Å². The average Bonchev–Trinajstić information content (AvgIpc) is 1.80. The Balaban J connectivity index is 1.21. The molecule has 0 fully saturated rings. The molecule has 0 bridgehead atoms. The molecule has 0 N–H and O–H groups in total. The van der Waals surface area contributed by atoms with Crippen LogP contribution in [-0.2, 0) is 22.7 Å². The lowest BCUT2D eigenvalue weighted by molar-refractivity contribution is 0.590. The first-order valence-corrected chi connectivity index (χ1v) is 27.3.